The highest BCUT2D eigenvalue weighted by molar-refractivity contribution is 6.30. The van der Waals surface area contributed by atoms with Crippen molar-refractivity contribution in [3.05, 3.63) is 34.1 Å². The molecular weight excluding hydrogens is 189 g/mol. The van der Waals surface area contributed by atoms with E-state index in [1.807, 2.05) is 6.92 Å². The van der Waals surface area contributed by atoms with Gasteiger partial charge in [0.2, 0.25) is 0 Å². The highest BCUT2D eigenvalue weighted by Crippen LogP contribution is 2.44. The third-order valence-electron chi connectivity index (χ3n) is 2.59. The Morgan fingerprint density at radius 1 is 1.46 bits per heavy atom. The topological polar surface area (TPSA) is 26.0 Å². The summed E-state index contributed by atoms with van der Waals surface area (Å²) >= 11 is 5.69. The summed E-state index contributed by atoms with van der Waals surface area (Å²) in [5, 5.41) is 0.164. The molecule has 1 aliphatic rings. The van der Waals surface area contributed by atoms with Crippen molar-refractivity contribution < 1.29 is 4.39 Å². The van der Waals surface area contributed by atoms with E-state index in [1.165, 1.54) is 6.07 Å². The van der Waals surface area contributed by atoms with Crippen LogP contribution in [-0.4, -0.2) is 0 Å². The van der Waals surface area contributed by atoms with Gasteiger partial charge in [0, 0.05) is 5.54 Å². The van der Waals surface area contributed by atoms with Crippen LogP contribution in [0.3, 0.4) is 0 Å². The molecule has 0 aromatic heterocycles. The zero-order valence-corrected chi connectivity index (χ0v) is 8.16. The first kappa shape index (κ1) is 8.97. The zero-order valence-electron chi connectivity index (χ0n) is 7.40. The summed E-state index contributed by atoms with van der Waals surface area (Å²) in [6.45, 7) is 1.86. The zero-order chi connectivity index (χ0) is 9.64. The van der Waals surface area contributed by atoms with Crippen LogP contribution in [0.1, 0.15) is 24.0 Å². The van der Waals surface area contributed by atoms with Crippen LogP contribution in [-0.2, 0) is 5.54 Å². The van der Waals surface area contributed by atoms with Crippen molar-refractivity contribution in [2.24, 2.45) is 5.73 Å². The van der Waals surface area contributed by atoms with Crippen LogP contribution in [0, 0.1) is 12.7 Å². The van der Waals surface area contributed by atoms with Crippen molar-refractivity contribution in [3.8, 4) is 0 Å². The van der Waals surface area contributed by atoms with Gasteiger partial charge < -0.3 is 5.73 Å². The van der Waals surface area contributed by atoms with Gasteiger partial charge in [0.1, 0.15) is 5.82 Å². The average Bonchev–Trinajstić information content (AvgIpc) is 2.77. The molecule has 1 aromatic rings. The fraction of sp³-hybridized carbons (Fsp3) is 0.400. The Balaban J connectivity index is 2.52. The third kappa shape index (κ3) is 1.45. The summed E-state index contributed by atoms with van der Waals surface area (Å²) in [6, 6.07) is 3.10. The van der Waals surface area contributed by atoms with Crippen LogP contribution < -0.4 is 5.73 Å². The first-order chi connectivity index (χ1) is 6.03. The number of halogens is 2. The van der Waals surface area contributed by atoms with Crippen molar-refractivity contribution in [1.82, 2.24) is 0 Å². The third-order valence-corrected chi connectivity index (χ3v) is 2.88. The quantitative estimate of drug-likeness (QED) is 0.740. The van der Waals surface area contributed by atoms with Gasteiger partial charge in [0.25, 0.3) is 0 Å². The number of benzene rings is 1. The lowest BCUT2D eigenvalue weighted by atomic mass is 10.00. The number of rotatable bonds is 1. The maximum absolute atomic E-state index is 13.0. The van der Waals surface area contributed by atoms with Gasteiger partial charge in [-0.05, 0) is 43.0 Å². The first-order valence-corrected chi connectivity index (χ1v) is 4.66. The van der Waals surface area contributed by atoms with Crippen molar-refractivity contribution in [3.63, 3.8) is 0 Å². The molecule has 0 unspecified atom stereocenters. The van der Waals surface area contributed by atoms with Gasteiger partial charge in [-0.2, -0.15) is 0 Å². The molecule has 2 N–H and O–H groups in total. The van der Waals surface area contributed by atoms with Gasteiger partial charge in [-0.1, -0.05) is 11.6 Å². The molecule has 0 heterocycles. The van der Waals surface area contributed by atoms with Crippen LogP contribution in [0.15, 0.2) is 12.1 Å². The smallest absolute Gasteiger partial charge is 0.142 e. The fourth-order valence-corrected chi connectivity index (χ4v) is 1.75. The van der Waals surface area contributed by atoms with Crippen molar-refractivity contribution >= 4 is 11.6 Å². The number of nitrogens with two attached hydrogens (primary N) is 1. The molecule has 0 aliphatic heterocycles. The van der Waals surface area contributed by atoms with E-state index in [-0.39, 0.29) is 16.4 Å². The molecule has 1 nitrogen and oxygen atoms in total. The van der Waals surface area contributed by atoms with E-state index in [1.54, 1.807) is 6.07 Å². The SMILES string of the molecule is Cc1cc(F)c(Cl)cc1C1(N)CC1. The molecule has 0 saturated heterocycles. The van der Waals surface area contributed by atoms with E-state index >= 15 is 0 Å². The summed E-state index contributed by atoms with van der Waals surface area (Å²) in [7, 11) is 0. The second-order valence-electron chi connectivity index (χ2n) is 3.74. The Labute approximate surface area is 81.7 Å². The lowest BCUT2D eigenvalue weighted by Gasteiger charge is -2.13. The summed E-state index contributed by atoms with van der Waals surface area (Å²) in [5.74, 6) is -0.368. The molecule has 0 spiro atoms. The van der Waals surface area contributed by atoms with Gasteiger partial charge in [0.15, 0.2) is 0 Å². The largest absolute Gasteiger partial charge is 0.321 e. The van der Waals surface area contributed by atoms with Crippen LogP contribution in [0.4, 0.5) is 4.39 Å². The number of hydrogen-bond acceptors (Lipinski definition) is 1. The summed E-state index contributed by atoms with van der Waals surface area (Å²) in [4.78, 5) is 0. The highest BCUT2D eigenvalue weighted by Gasteiger charge is 2.41. The minimum atomic E-state index is -0.368. The first-order valence-electron chi connectivity index (χ1n) is 4.28. The molecule has 0 bridgehead atoms. The summed E-state index contributed by atoms with van der Waals surface area (Å²) < 4.78 is 13.0. The molecule has 0 radical (unpaired) electrons. The standard InChI is InChI=1S/C10H11ClFN/c1-6-4-9(12)8(11)5-7(6)10(13)2-3-10/h4-5H,2-3,13H2,1H3. The number of hydrogen-bond donors (Lipinski definition) is 1. The van der Waals surface area contributed by atoms with Crippen molar-refractivity contribution in [1.29, 1.82) is 0 Å². The predicted octanol–water partition coefficient (Wildman–Crippen LogP) is 2.74. The molecule has 0 atom stereocenters. The molecule has 2 rings (SSSR count). The van der Waals surface area contributed by atoms with Crippen LogP contribution in [0.2, 0.25) is 5.02 Å². The van der Waals surface area contributed by atoms with Crippen LogP contribution >= 0.6 is 11.6 Å². The van der Waals surface area contributed by atoms with Gasteiger partial charge in [0.05, 0.1) is 5.02 Å². The minimum absolute atomic E-state index is 0.164. The minimum Gasteiger partial charge on any atom is -0.321 e. The summed E-state index contributed by atoms with van der Waals surface area (Å²) in [5.41, 5.74) is 7.65. The molecule has 0 amide bonds. The maximum Gasteiger partial charge on any atom is 0.142 e. The summed E-state index contributed by atoms with van der Waals surface area (Å²) in [6.07, 6.45) is 1.94. The monoisotopic (exact) mass is 199 g/mol. The molecular formula is C10H11ClFN. The van der Waals surface area contributed by atoms with Crippen LogP contribution in [0.5, 0.6) is 0 Å². The highest BCUT2D eigenvalue weighted by atomic mass is 35.5. The lowest BCUT2D eigenvalue weighted by molar-refractivity contribution is 0.622. The normalized spacial score (nSPS) is 18.8. The lowest BCUT2D eigenvalue weighted by Crippen LogP contribution is -2.20. The van der Waals surface area contributed by atoms with Gasteiger partial charge in [-0.15, -0.1) is 0 Å². The van der Waals surface area contributed by atoms with E-state index in [4.69, 9.17) is 17.3 Å². The molecule has 13 heavy (non-hydrogen) atoms. The van der Waals surface area contributed by atoms with E-state index in [2.05, 4.69) is 0 Å². The second-order valence-corrected chi connectivity index (χ2v) is 4.14. The Kier molecular flexibility index (Phi) is 1.86. The maximum atomic E-state index is 13.0. The molecule has 3 heteroatoms. The van der Waals surface area contributed by atoms with E-state index in [0.717, 1.165) is 24.0 Å². The number of aryl methyl sites for hydroxylation is 1. The Bertz CT molecular complexity index is 358. The Morgan fingerprint density at radius 3 is 2.62 bits per heavy atom. The van der Waals surface area contributed by atoms with Gasteiger partial charge >= 0.3 is 0 Å². The molecule has 1 aromatic carbocycles. The van der Waals surface area contributed by atoms with E-state index in [9.17, 15) is 4.39 Å². The van der Waals surface area contributed by atoms with Crippen molar-refractivity contribution in [2.45, 2.75) is 25.3 Å². The predicted molar refractivity (Wildman–Crippen MR) is 51.2 cm³/mol. The van der Waals surface area contributed by atoms with Crippen molar-refractivity contribution in [2.75, 3.05) is 0 Å². The molecule has 1 saturated carbocycles. The molecule has 70 valence electrons. The van der Waals surface area contributed by atoms with Gasteiger partial charge in [-0.3, -0.25) is 0 Å². The van der Waals surface area contributed by atoms with Gasteiger partial charge in [-0.25, -0.2) is 4.39 Å². The van der Waals surface area contributed by atoms with E-state index in [0.29, 0.717) is 0 Å². The van der Waals surface area contributed by atoms with Crippen LogP contribution in [0.25, 0.3) is 0 Å². The van der Waals surface area contributed by atoms with E-state index < -0.39 is 0 Å². The fourth-order valence-electron chi connectivity index (χ4n) is 1.59. The average molecular weight is 200 g/mol. The second kappa shape index (κ2) is 2.69. The Morgan fingerprint density at radius 2 is 2.08 bits per heavy atom. The molecule has 1 fully saturated rings. The Hall–Kier alpha value is -0.600. The molecule has 1 aliphatic carbocycles.